The summed E-state index contributed by atoms with van der Waals surface area (Å²) in [6.45, 7) is 4.31. The quantitative estimate of drug-likeness (QED) is 0.326. The van der Waals surface area contributed by atoms with Crippen LogP contribution in [0.2, 0.25) is 0 Å². The summed E-state index contributed by atoms with van der Waals surface area (Å²) in [4.78, 5) is 32.2. The first kappa shape index (κ1) is 25.4. The molecule has 9 heteroatoms. The van der Waals surface area contributed by atoms with Crippen LogP contribution in [0.3, 0.4) is 0 Å². The lowest BCUT2D eigenvalue weighted by Gasteiger charge is -2.27. The molecule has 0 unspecified atom stereocenters. The van der Waals surface area contributed by atoms with Crippen LogP contribution in [-0.2, 0) is 14.3 Å². The Hall–Kier alpha value is -3.69. The predicted octanol–water partition coefficient (Wildman–Crippen LogP) is 2.83. The first-order chi connectivity index (χ1) is 17.5. The van der Waals surface area contributed by atoms with E-state index in [9.17, 15) is 9.59 Å². The lowest BCUT2D eigenvalue weighted by atomic mass is 9.94. The zero-order valence-electron chi connectivity index (χ0n) is 20.6. The number of carbonyl (C=O) groups is 1. The maximum Gasteiger partial charge on any atom is 0.338 e. The lowest BCUT2D eigenvalue weighted by molar-refractivity contribution is -0.140. The largest absolute Gasteiger partial charge is 0.493 e. The number of thiazole rings is 1. The molecule has 0 radical (unpaired) electrons. The Morgan fingerprint density at radius 2 is 1.89 bits per heavy atom. The highest BCUT2D eigenvalue weighted by molar-refractivity contribution is 7.07. The molecule has 1 aliphatic heterocycles. The highest BCUT2D eigenvalue weighted by Gasteiger charge is 2.36. The Balaban J connectivity index is 1.97. The number of allylic oxidation sites excluding steroid dienone is 1. The van der Waals surface area contributed by atoms with E-state index in [0.717, 1.165) is 5.56 Å². The van der Waals surface area contributed by atoms with Crippen molar-refractivity contribution in [1.29, 1.82) is 0 Å². The standard InChI is InChI=1S/C27H28N2O6S/c1-5-34-24-19(12-9-13-20(24)33-4)23-22(26(31)35-15-14-32-3)17(2)28-27-29(23)25(30)21(36-27)16-18-10-7-6-8-11-18/h6-13,16,23H,5,14-15H2,1-4H3/b21-16+/t23-/m0/s1. The maximum absolute atomic E-state index is 13.8. The van der Waals surface area contributed by atoms with Gasteiger partial charge in [0, 0.05) is 12.7 Å². The van der Waals surface area contributed by atoms with Crippen molar-refractivity contribution in [2.45, 2.75) is 19.9 Å². The Morgan fingerprint density at radius 1 is 1.11 bits per heavy atom. The van der Waals surface area contributed by atoms with E-state index in [1.807, 2.05) is 49.4 Å². The molecule has 1 aliphatic rings. The van der Waals surface area contributed by atoms with Gasteiger partial charge < -0.3 is 18.9 Å². The third-order valence-electron chi connectivity index (χ3n) is 5.67. The van der Waals surface area contributed by atoms with E-state index >= 15 is 0 Å². The van der Waals surface area contributed by atoms with Gasteiger partial charge in [-0.2, -0.15) is 0 Å². The number of carbonyl (C=O) groups excluding carboxylic acids is 1. The van der Waals surface area contributed by atoms with Gasteiger partial charge in [0.25, 0.3) is 5.56 Å². The molecule has 0 spiro atoms. The molecule has 0 bridgehead atoms. The number of hydrogen-bond acceptors (Lipinski definition) is 8. The average molecular weight is 509 g/mol. The van der Waals surface area contributed by atoms with Crippen LogP contribution in [0.4, 0.5) is 0 Å². The number of benzene rings is 2. The first-order valence-electron chi connectivity index (χ1n) is 11.5. The topological polar surface area (TPSA) is 88.4 Å². The number of fused-ring (bicyclic) bond motifs is 1. The summed E-state index contributed by atoms with van der Waals surface area (Å²) in [6, 6.07) is 14.2. The summed E-state index contributed by atoms with van der Waals surface area (Å²) in [5.74, 6) is 0.394. The summed E-state index contributed by atoms with van der Waals surface area (Å²) in [5.41, 5.74) is 1.98. The summed E-state index contributed by atoms with van der Waals surface area (Å²) in [5, 5.41) is 0. The predicted molar refractivity (Wildman–Crippen MR) is 137 cm³/mol. The number of para-hydroxylation sites is 1. The summed E-state index contributed by atoms with van der Waals surface area (Å²) in [7, 11) is 3.08. The molecule has 8 nitrogen and oxygen atoms in total. The molecule has 2 heterocycles. The van der Waals surface area contributed by atoms with E-state index in [-0.39, 0.29) is 24.3 Å². The molecular weight excluding hydrogens is 480 g/mol. The highest BCUT2D eigenvalue weighted by atomic mass is 32.1. The summed E-state index contributed by atoms with van der Waals surface area (Å²) >= 11 is 1.27. The van der Waals surface area contributed by atoms with Gasteiger partial charge in [-0.25, -0.2) is 9.79 Å². The fourth-order valence-electron chi connectivity index (χ4n) is 4.08. The second-order valence-electron chi connectivity index (χ2n) is 7.93. The molecule has 0 saturated heterocycles. The molecule has 3 aromatic rings. The minimum Gasteiger partial charge on any atom is -0.493 e. The molecule has 0 fully saturated rings. The van der Waals surface area contributed by atoms with Crippen molar-refractivity contribution in [1.82, 2.24) is 4.57 Å². The van der Waals surface area contributed by atoms with Gasteiger partial charge in [-0.15, -0.1) is 0 Å². The molecule has 2 aromatic carbocycles. The van der Waals surface area contributed by atoms with Crippen molar-refractivity contribution < 1.29 is 23.7 Å². The van der Waals surface area contributed by atoms with Crippen LogP contribution < -0.4 is 24.4 Å². The lowest BCUT2D eigenvalue weighted by Crippen LogP contribution is -2.40. The molecule has 0 N–H and O–H groups in total. The third kappa shape index (κ3) is 4.98. The van der Waals surface area contributed by atoms with E-state index < -0.39 is 12.0 Å². The monoisotopic (exact) mass is 508 g/mol. The number of aromatic nitrogens is 1. The maximum atomic E-state index is 13.8. The Bertz CT molecular complexity index is 1460. The molecule has 1 atom stereocenters. The second kappa shape index (κ2) is 11.4. The van der Waals surface area contributed by atoms with E-state index in [2.05, 4.69) is 4.99 Å². The van der Waals surface area contributed by atoms with Gasteiger partial charge >= 0.3 is 5.97 Å². The van der Waals surface area contributed by atoms with Crippen LogP contribution in [0.15, 0.2) is 69.6 Å². The van der Waals surface area contributed by atoms with Gasteiger partial charge in [0.2, 0.25) is 0 Å². The molecule has 4 rings (SSSR count). The Morgan fingerprint density at radius 3 is 2.58 bits per heavy atom. The third-order valence-corrected chi connectivity index (χ3v) is 6.66. The molecule has 188 valence electrons. The van der Waals surface area contributed by atoms with Crippen molar-refractivity contribution >= 4 is 23.4 Å². The number of ether oxygens (including phenoxy) is 4. The number of hydrogen-bond donors (Lipinski definition) is 0. The van der Waals surface area contributed by atoms with Crippen LogP contribution >= 0.6 is 11.3 Å². The van der Waals surface area contributed by atoms with E-state index in [4.69, 9.17) is 18.9 Å². The SMILES string of the molecule is CCOc1c(OC)cccc1[C@H]1C(C(=O)OCCOC)=C(C)N=c2s/c(=C/c3ccccc3)c(=O)n21. The van der Waals surface area contributed by atoms with Gasteiger partial charge in [0.05, 0.1) is 36.1 Å². The minimum absolute atomic E-state index is 0.0771. The van der Waals surface area contributed by atoms with Gasteiger partial charge in [0.15, 0.2) is 16.3 Å². The van der Waals surface area contributed by atoms with Crippen LogP contribution in [-0.4, -0.2) is 44.6 Å². The van der Waals surface area contributed by atoms with Crippen LogP contribution in [0.1, 0.15) is 31.0 Å². The van der Waals surface area contributed by atoms with Gasteiger partial charge in [0.1, 0.15) is 12.6 Å². The zero-order chi connectivity index (χ0) is 25.7. The average Bonchev–Trinajstić information content (AvgIpc) is 3.18. The van der Waals surface area contributed by atoms with Crippen molar-refractivity contribution in [3.05, 3.63) is 90.6 Å². The Kier molecular flexibility index (Phi) is 8.02. The number of rotatable bonds is 9. The van der Waals surface area contributed by atoms with Crippen molar-refractivity contribution in [2.75, 3.05) is 34.0 Å². The molecule has 1 aromatic heterocycles. The number of methoxy groups -OCH3 is 2. The van der Waals surface area contributed by atoms with Gasteiger partial charge in [-0.3, -0.25) is 9.36 Å². The van der Waals surface area contributed by atoms with Gasteiger partial charge in [-0.05, 0) is 31.6 Å². The smallest absolute Gasteiger partial charge is 0.338 e. The van der Waals surface area contributed by atoms with Crippen LogP contribution in [0.25, 0.3) is 6.08 Å². The molecule has 0 aliphatic carbocycles. The van der Waals surface area contributed by atoms with Crippen molar-refractivity contribution in [3.8, 4) is 11.5 Å². The molecule has 36 heavy (non-hydrogen) atoms. The highest BCUT2D eigenvalue weighted by Crippen LogP contribution is 2.40. The first-order valence-corrected chi connectivity index (χ1v) is 12.3. The number of nitrogens with zero attached hydrogens (tertiary/aromatic N) is 2. The Labute approximate surface area is 212 Å². The molecule has 0 saturated carbocycles. The normalized spacial score (nSPS) is 15.3. The zero-order valence-corrected chi connectivity index (χ0v) is 21.5. The molecule has 0 amide bonds. The summed E-state index contributed by atoms with van der Waals surface area (Å²) in [6.07, 6.45) is 1.83. The molecular formula is C27H28N2O6S. The van der Waals surface area contributed by atoms with Crippen LogP contribution in [0, 0.1) is 0 Å². The van der Waals surface area contributed by atoms with Gasteiger partial charge in [-0.1, -0.05) is 53.8 Å². The second-order valence-corrected chi connectivity index (χ2v) is 8.94. The summed E-state index contributed by atoms with van der Waals surface area (Å²) < 4.78 is 24.1. The van der Waals surface area contributed by atoms with Crippen LogP contribution in [0.5, 0.6) is 11.5 Å². The minimum atomic E-state index is -0.814. The fourth-order valence-corrected chi connectivity index (χ4v) is 5.13. The van der Waals surface area contributed by atoms with Crippen molar-refractivity contribution in [2.24, 2.45) is 4.99 Å². The van der Waals surface area contributed by atoms with E-state index in [1.54, 1.807) is 26.2 Å². The fraction of sp³-hybridized carbons (Fsp3) is 0.296. The van der Waals surface area contributed by atoms with E-state index in [1.165, 1.54) is 23.0 Å². The number of esters is 1. The van der Waals surface area contributed by atoms with E-state index in [0.29, 0.717) is 38.7 Å². The van der Waals surface area contributed by atoms with Crippen molar-refractivity contribution in [3.63, 3.8) is 0 Å².